The highest BCUT2D eigenvalue weighted by Gasteiger charge is 2.07. The molecule has 1 aromatic carbocycles. The molecule has 0 amide bonds. The second-order valence-electron chi connectivity index (χ2n) is 4.30. The average molecular weight is 251 g/mol. The smallest absolute Gasteiger partial charge is 0.181 e. The van der Waals surface area contributed by atoms with Crippen LogP contribution in [-0.2, 0) is 0 Å². The van der Waals surface area contributed by atoms with Gasteiger partial charge in [0.15, 0.2) is 5.82 Å². The van der Waals surface area contributed by atoms with E-state index in [4.69, 9.17) is 5.73 Å². The summed E-state index contributed by atoms with van der Waals surface area (Å²) in [6.45, 7) is 1.99. The Bertz CT molecular complexity index is 717. The van der Waals surface area contributed by atoms with E-state index in [-0.39, 0.29) is 0 Å². The van der Waals surface area contributed by atoms with Crippen LogP contribution in [0.15, 0.2) is 49.1 Å². The zero-order valence-corrected chi connectivity index (χ0v) is 10.5. The number of anilines is 1. The highest BCUT2D eigenvalue weighted by molar-refractivity contribution is 5.60. The summed E-state index contributed by atoms with van der Waals surface area (Å²) in [6, 6.07) is 9.44. The highest BCUT2D eigenvalue weighted by Crippen LogP contribution is 2.18. The number of rotatable bonds is 2. The second kappa shape index (κ2) is 4.53. The molecule has 94 valence electrons. The van der Waals surface area contributed by atoms with Crippen LogP contribution in [0.4, 0.5) is 5.69 Å². The Morgan fingerprint density at radius 1 is 1.21 bits per heavy atom. The lowest BCUT2D eigenvalue weighted by atomic mass is 10.2. The molecule has 5 nitrogen and oxygen atoms in total. The van der Waals surface area contributed by atoms with Crippen molar-refractivity contribution in [3.8, 4) is 17.1 Å². The van der Waals surface area contributed by atoms with Gasteiger partial charge in [0.05, 0.1) is 5.69 Å². The first-order valence-corrected chi connectivity index (χ1v) is 5.92. The quantitative estimate of drug-likeness (QED) is 0.709. The predicted octanol–water partition coefficient (Wildman–Crippen LogP) is 2.22. The van der Waals surface area contributed by atoms with Crippen molar-refractivity contribution in [1.29, 1.82) is 0 Å². The number of hydrogen-bond acceptors (Lipinski definition) is 4. The second-order valence-corrected chi connectivity index (χ2v) is 4.30. The maximum Gasteiger partial charge on any atom is 0.181 e. The molecule has 3 rings (SSSR count). The molecule has 0 aliphatic heterocycles. The predicted molar refractivity (Wildman–Crippen MR) is 73.7 cm³/mol. The molecule has 0 bridgehead atoms. The van der Waals surface area contributed by atoms with Gasteiger partial charge in [-0.15, -0.1) is 5.10 Å². The molecule has 2 heterocycles. The van der Waals surface area contributed by atoms with Crippen molar-refractivity contribution in [2.75, 3.05) is 5.73 Å². The highest BCUT2D eigenvalue weighted by atomic mass is 15.3. The van der Waals surface area contributed by atoms with Gasteiger partial charge in [-0.2, -0.15) is 0 Å². The van der Waals surface area contributed by atoms with E-state index in [1.807, 2.05) is 37.3 Å². The standard InChI is InChI=1S/C14H13N5/c1-10-8-16-6-5-13(10)19-9-17-14(18-19)11-3-2-4-12(15)7-11/h2-9H,15H2,1H3. The lowest BCUT2D eigenvalue weighted by Crippen LogP contribution is -1.98. The Labute approximate surface area is 110 Å². The molecule has 3 aromatic rings. The van der Waals surface area contributed by atoms with Gasteiger partial charge in [0.1, 0.15) is 6.33 Å². The number of benzene rings is 1. The van der Waals surface area contributed by atoms with Crippen LogP contribution in [0.2, 0.25) is 0 Å². The third-order valence-corrected chi connectivity index (χ3v) is 2.87. The maximum atomic E-state index is 5.77. The molecule has 2 N–H and O–H groups in total. The van der Waals surface area contributed by atoms with Gasteiger partial charge in [0, 0.05) is 23.6 Å². The van der Waals surface area contributed by atoms with Crippen LogP contribution < -0.4 is 5.73 Å². The van der Waals surface area contributed by atoms with Crippen LogP contribution in [0.25, 0.3) is 17.1 Å². The van der Waals surface area contributed by atoms with E-state index >= 15 is 0 Å². The van der Waals surface area contributed by atoms with E-state index < -0.39 is 0 Å². The van der Waals surface area contributed by atoms with E-state index in [1.165, 1.54) is 0 Å². The molecule has 0 saturated heterocycles. The van der Waals surface area contributed by atoms with Crippen LogP contribution in [0.3, 0.4) is 0 Å². The number of nitrogens with two attached hydrogens (primary N) is 1. The number of nitrogen functional groups attached to an aromatic ring is 1. The Kier molecular flexibility index (Phi) is 2.72. The van der Waals surface area contributed by atoms with Crippen LogP contribution >= 0.6 is 0 Å². The van der Waals surface area contributed by atoms with Gasteiger partial charge in [-0.3, -0.25) is 4.98 Å². The molecule has 19 heavy (non-hydrogen) atoms. The van der Waals surface area contributed by atoms with Gasteiger partial charge >= 0.3 is 0 Å². The first-order valence-electron chi connectivity index (χ1n) is 5.92. The van der Waals surface area contributed by atoms with Crippen molar-refractivity contribution >= 4 is 5.69 Å². The largest absolute Gasteiger partial charge is 0.399 e. The van der Waals surface area contributed by atoms with Crippen molar-refractivity contribution in [2.24, 2.45) is 0 Å². The Balaban J connectivity index is 2.03. The number of aryl methyl sites for hydroxylation is 1. The zero-order valence-electron chi connectivity index (χ0n) is 10.5. The summed E-state index contributed by atoms with van der Waals surface area (Å²) in [5, 5.41) is 4.47. The van der Waals surface area contributed by atoms with Gasteiger partial charge in [-0.05, 0) is 30.7 Å². The number of aromatic nitrogens is 4. The number of pyridine rings is 1. The summed E-state index contributed by atoms with van der Waals surface area (Å²) >= 11 is 0. The van der Waals surface area contributed by atoms with Gasteiger partial charge < -0.3 is 5.73 Å². The fraction of sp³-hybridized carbons (Fsp3) is 0.0714. The lowest BCUT2D eigenvalue weighted by Gasteiger charge is -2.03. The molecule has 0 radical (unpaired) electrons. The van der Waals surface area contributed by atoms with E-state index in [0.717, 1.165) is 16.8 Å². The molecule has 0 atom stereocenters. The summed E-state index contributed by atoms with van der Waals surface area (Å²) < 4.78 is 1.75. The summed E-state index contributed by atoms with van der Waals surface area (Å²) in [5.74, 6) is 0.656. The third kappa shape index (κ3) is 2.18. The van der Waals surface area contributed by atoms with Gasteiger partial charge in [-0.1, -0.05) is 12.1 Å². The Morgan fingerprint density at radius 3 is 2.89 bits per heavy atom. The lowest BCUT2D eigenvalue weighted by molar-refractivity contribution is 0.870. The van der Waals surface area contributed by atoms with Gasteiger partial charge in [0.25, 0.3) is 0 Å². The zero-order chi connectivity index (χ0) is 13.2. The SMILES string of the molecule is Cc1cnccc1-n1cnc(-c2cccc(N)c2)n1. The molecule has 0 aliphatic carbocycles. The van der Waals surface area contributed by atoms with E-state index in [1.54, 1.807) is 23.4 Å². The number of nitrogens with zero attached hydrogens (tertiary/aromatic N) is 4. The Hall–Kier alpha value is -2.69. The molecular weight excluding hydrogens is 238 g/mol. The monoisotopic (exact) mass is 251 g/mol. The van der Waals surface area contributed by atoms with Gasteiger partial charge in [-0.25, -0.2) is 9.67 Å². The summed E-state index contributed by atoms with van der Waals surface area (Å²) in [6.07, 6.45) is 5.24. The molecule has 0 unspecified atom stereocenters. The number of hydrogen-bond donors (Lipinski definition) is 1. The molecule has 2 aromatic heterocycles. The summed E-state index contributed by atoms with van der Waals surface area (Å²) in [7, 11) is 0. The van der Waals surface area contributed by atoms with Crippen LogP contribution in [0.5, 0.6) is 0 Å². The average Bonchev–Trinajstić information content (AvgIpc) is 2.89. The Morgan fingerprint density at radius 2 is 2.11 bits per heavy atom. The first kappa shape index (κ1) is 11.4. The minimum absolute atomic E-state index is 0.656. The van der Waals surface area contributed by atoms with E-state index in [2.05, 4.69) is 15.1 Å². The first-order chi connectivity index (χ1) is 9.24. The molecule has 0 aliphatic rings. The summed E-state index contributed by atoms with van der Waals surface area (Å²) in [5.41, 5.74) is 9.40. The fourth-order valence-corrected chi connectivity index (χ4v) is 1.91. The molecule has 0 saturated carbocycles. The summed E-state index contributed by atoms with van der Waals surface area (Å²) in [4.78, 5) is 8.39. The van der Waals surface area contributed by atoms with Crippen molar-refractivity contribution in [3.05, 3.63) is 54.6 Å². The minimum atomic E-state index is 0.656. The molecule has 5 heteroatoms. The third-order valence-electron chi connectivity index (χ3n) is 2.87. The van der Waals surface area contributed by atoms with E-state index in [0.29, 0.717) is 11.5 Å². The van der Waals surface area contributed by atoms with Gasteiger partial charge in [0.2, 0.25) is 0 Å². The fourth-order valence-electron chi connectivity index (χ4n) is 1.91. The topological polar surface area (TPSA) is 69.6 Å². The van der Waals surface area contributed by atoms with Crippen LogP contribution in [0.1, 0.15) is 5.56 Å². The van der Waals surface area contributed by atoms with Crippen LogP contribution in [0, 0.1) is 6.92 Å². The van der Waals surface area contributed by atoms with Crippen molar-refractivity contribution in [2.45, 2.75) is 6.92 Å². The van der Waals surface area contributed by atoms with Crippen LogP contribution in [-0.4, -0.2) is 19.7 Å². The molecular formula is C14H13N5. The van der Waals surface area contributed by atoms with Crippen molar-refractivity contribution < 1.29 is 0 Å². The van der Waals surface area contributed by atoms with Crippen molar-refractivity contribution in [1.82, 2.24) is 19.7 Å². The molecule has 0 spiro atoms. The maximum absolute atomic E-state index is 5.77. The van der Waals surface area contributed by atoms with E-state index in [9.17, 15) is 0 Å². The van der Waals surface area contributed by atoms with Crippen molar-refractivity contribution in [3.63, 3.8) is 0 Å². The molecule has 0 fully saturated rings. The normalized spacial score (nSPS) is 10.6. The minimum Gasteiger partial charge on any atom is -0.399 e.